The second-order valence-electron chi connectivity index (χ2n) is 4.98. The van der Waals surface area contributed by atoms with E-state index in [1.54, 1.807) is 0 Å². The third-order valence-corrected chi connectivity index (χ3v) is 4.08. The molecular weight excluding hydrogens is 230 g/mol. The van der Waals surface area contributed by atoms with Gasteiger partial charge in [-0.2, -0.15) is 0 Å². The van der Waals surface area contributed by atoms with Crippen molar-refractivity contribution in [2.24, 2.45) is 5.92 Å². The van der Waals surface area contributed by atoms with Gasteiger partial charge in [0.15, 0.2) is 0 Å². The average molecular weight is 252 g/mol. The molecule has 0 amide bonds. The van der Waals surface area contributed by atoms with Crippen molar-refractivity contribution in [3.05, 3.63) is 29.8 Å². The number of anilines is 1. The van der Waals surface area contributed by atoms with E-state index in [0.29, 0.717) is 5.88 Å². The van der Waals surface area contributed by atoms with Gasteiger partial charge in [-0.05, 0) is 30.4 Å². The molecule has 1 heterocycles. The van der Waals surface area contributed by atoms with Crippen LogP contribution in [0.5, 0.6) is 0 Å². The van der Waals surface area contributed by atoms with E-state index >= 15 is 0 Å². The predicted octanol–water partition coefficient (Wildman–Crippen LogP) is 4.44. The number of halogens is 1. The number of benzene rings is 1. The molecule has 0 bridgehead atoms. The summed E-state index contributed by atoms with van der Waals surface area (Å²) < 4.78 is 0. The Morgan fingerprint density at radius 2 is 1.94 bits per heavy atom. The summed E-state index contributed by atoms with van der Waals surface area (Å²) in [5, 5.41) is 0. The van der Waals surface area contributed by atoms with Crippen LogP contribution in [-0.4, -0.2) is 13.1 Å². The highest BCUT2D eigenvalue weighted by Gasteiger charge is 2.19. The van der Waals surface area contributed by atoms with Crippen molar-refractivity contribution >= 4 is 17.3 Å². The monoisotopic (exact) mass is 251 g/mol. The van der Waals surface area contributed by atoms with Crippen molar-refractivity contribution in [3.63, 3.8) is 0 Å². The Hall–Kier alpha value is -0.690. The first-order chi connectivity index (χ1) is 8.35. The van der Waals surface area contributed by atoms with Gasteiger partial charge in [-0.25, -0.2) is 0 Å². The molecule has 1 aliphatic rings. The molecule has 0 saturated carbocycles. The lowest BCUT2D eigenvalue weighted by Crippen LogP contribution is -2.34. The minimum Gasteiger partial charge on any atom is -0.371 e. The smallest absolute Gasteiger partial charge is 0.0494 e. The zero-order chi connectivity index (χ0) is 12.1. The Kier molecular flexibility index (Phi) is 4.73. The Balaban J connectivity index is 2.00. The summed E-state index contributed by atoms with van der Waals surface area (Å²) in [7, 11) is 0. The first kappa shape index (κ1) is 12.8. The molecule has 0 radical (unpaired) electrons. The molecule has 1 aromatic carbocycles. The van der Waals surface area contributed by atoms with Gasteiger partial charge in [0.05, 0.1) is 0 Å². The maximum Gasteiger partial charge on any atom is 0.0494 e. The highest BCUT2D eigenvalue weighted by atomic mass is 35.5. The standard InChI is InChI=1S/C15H22ClN/c1-2-5-13-8-10-17(11-9-13)15-7-4-3-6-14(15)12-16/h3-4,6-7,13H,2,5,8-12H2,1H3. The molecule has 2 heteroatoms. The Morgan fingerprint density at radius 3 is 2.59 bits per heavy atom. The van der Waals surface area contributed by atoms with E-state index in [1.165, 1.54) is 50.0 Å². The second-order valence-corrected chi connectivity index (χ2v) is 5.25. The van der Waals surface area contributed by atoms with Crippen LogP contribution in [-0.2, 0) is 5.88 Å². The lowest BCUT2D eigenvalue weighted by molar-refractivity contribution is 0.378. The van der Waals surface area contributed by atoms with E-state index < -0.39 is 0 Å². The number of hydrogen-bond donors (Lipinski definition) is 0. The van der Waals surface area contributed by atoms with Gasteiger partial charge in [0.1, 0.15) is 0 Å². The van der Waals surface area contributed by atoms with Crippen LogP contribution in [0.25, 0.3) is 0 Å². The van der Waals surface area contributed by atoms with Crippen LogP contribution < -0.4 is 4.90 Å². The van der Waals surface area contributed by atoms with Crippen LogP contribution in [0, 0.1) is 5.92 Å². The number of piperidine rings is 1. The summed E-state index contributed by atoms with van der Waals surface area (Å²) in [5.41, 5.74) is 2.61. The zero-order valence-corrected chi connectivity index (χ0v) is 11.4. The highest BCUT2D eigenvalue weighted by Crippen LogP contribution is 2.28. The van der Waals surface area contributed by atoms with Crippen LogP contribution in [0.2, 0.25) is 0 Å². The van der Waals surface area contributed by atoms with Crippen LogP contribution in [0.4, 0.5) is 5.69 Å². The molecule has 0 atom stereocenters. The van der Waals surface area contributed by atoms with Gasteiger partial charge in [0.2, 0.25) is 0 Å². The normalized spacial score (nSPS) is 17.4. The quantitative estimate of drug-likeness (QED) is 0.715. The molecule has 1 aromatic rings. The van der Waals surface area contributed by atoms with E-state index in [4.69, 9.17) is 11.6 Å². The summed E-state index contributed by atoms with van der Waals surface area (Å²) in [5.74, 6) is 1.56. The van der Waals surface area contributed by atoms with E-state index in [2.05, 4.69) is 36.1 Å². The number of hydrogen-bond acceptors (Lipinski definition) is 1. The summed E-state index contributed by atoms with van der Waals surface area (Å²) in [6.45, 7) is 4.67. The molecule has 1 aliphatic heterocycles. The van der Waals surface area contributed by atoms with Crippen molar-refractivity contribution in [2.75, 3.05) is 18.0 Å². The van der Waals surface area contributed by atoms with E-state index in [1.807, 2.05) is 0 Å². The maximum atomic E-state index is 6.00. The Morgan fingerprint density at radius 1 is 1.24 bits per heavy atom. The topological polar surface area (TPSA) is 3.24 Å². The van der Waals surface area contributed by atoms with E-state index in [9.17, 15) is 0 Å². The minimum absolute atomic E-state index is 0.616. The van der Waals surface area contributed by atoms with Crippen LogP contribution >= 0.6 is 11.6 Å². The molecule has 94 valence electrons. The average Bonchev–Trinajstić information content (AvgIpc) is 2.40. The fourth-order valence-electron chi connectivity index (χ4n) is 2.80. The molecule has 0 aromatic heterocycles. The van der Waals surface area contributed by atoms with Gasteiger partial charge in [-0.15, -0.1) is 11.6 Å². The first-order valence-electron chi connectivity index (χ1n) is 6.74. The number of nitrogens with zero attached hydrogens (tertiary/aromatic N) is 1. The molecule has 17 heavy (non-hydrogen) atoms. The largest absolute Gasteiger partial charge is 0.371 e. The molecule has 2 rings (SSSR count). The van der Waals surface area contributed by atoms with Crippen LogP contribution in [0.1, 0.15) is 38.2 Å². The Bertz CT molecular complexity index is 343. The summed E-state index contributed by atoms with van der Waals surface area (Å²) in [4.78, 5) is 2.50. The molecule has 0 aliphatic carbocycles. The third kappa shape index (κ3) is 3.16. The SMILES string of the molecule is CCCC1CCN(c2ccccc2CCl)CC1. The number of alkyl halides is 1. The van der Waals surface area contributed by atoms with Gasteiger partial charge >= 0.3 is 0 Å². The molecular formula is C15H22ClN. The molecule has 1 saturated heterocycles. The van der Waals surface area contributed by atoms with Crippen molar-refractivity contribution in [3.8, 4) is 0 Å². The minimum atomic E-state index is 0.616. The van der Waals surface area contributed by atoms with E-state index in [-0.39, 0.29) is 0 Å². The van der Waals surface area contributed by atoms with Crippen molar-refractivity contribution in [2.45, 2.75) is 38.5 Å². The molecule has 1 nitrogen and oxygen atoms in total. The van der Waals surface area contributed by atoms with Crippen molar-refractivity contribution in [1.29, 1.82) is 0 Å². The highest BCUT2D eigenvalue weighted by molar-refractivity contribution is 6.17. The fourth-order valence-corrected chi connectivity index (χ4v) is 3.03. The number of para-hydroxylation sites is 1. The molecule has 1 fully saturated rings. The van der Waals surface area contributed by atoms with Gasteiger partial charge < -0.3 is 4.90 Å². The first-order valence-corrected chi connectivity index (χ1v) is 7.27. The van der Waals surface area contributed by atoms with Gasteiger partial charge in [0.25, 0.3) is 0 Å². The predicted molar refractivity (Wildman–Crippen MR) is 75.8 cm³/mol. The Labute approximate surface area is 110 Å². The fraction of sp³-hybridized carbons (Fsp3) is 0.600. The van der Waals surface area contributed by atoms with Crippen LogP contribution in [0.15, 0.2) is 24.3 Å². The summed E-state index contributed by atoms with van der Waals surface area (Å²) in [6.07, 6.45) is 5.39. The molecule has 0 spiro atoms. The molecule has 0 unspecified atom stereocenters. The molecule has 0 N–H and O–H groups in total. The zero-order valence-electron chi connectivity index (χ0n) is 10.7. The van der Waals surface area contributed by atoms with Crippen LogP contribution in [0.3, 0.4) is 0 Å². The maximum absolute atomic E-state index is 6.00. The lowest BCUT2D eigenvalue weighted by Gasteiger charge is -2.34. The third-order valence-electron chi connectivity index (χ3n) is 3.79. The van der Waals surface area contributed by atoms with Crippen molar-refractivity contribution in [1.82, 2.24) is 0 Å². The summed E-state index contributed by atoms with van der Waals surface area (Å²) >= 11 is 6.00. The number of rotatable bonds is 4. The summed E-state index contributed by atoms with van der Waals surface area (Å²) in [6, 6.07) is 8.53. The second kappa shape index (κ2) is 6.30. The van der Waals surface area contributed by atoms with Gasteiger partial charge in [-0.3, -0.25) is 0 Å². The van der Waals surface area contributed by atoms with E-state index in [0.717, 1.165) is 5.92 Å². The van der Waals surface area contributed by atoms with Crippen molar-refractivity contribution < 1.29 is 0 Å². The lowest BCUT2D eigenvalue weighted by atomic mass is 9.92. The van der Waals surface area contributed by atoms with Gasteiger partial charge in [-0.1, -0.05) is 38.0 Å². The van der Waals surface area contributed by atoms with Gasteiger partial charge in [0, 0.05) is 24.7 Å².